The summed E-state index contributed by atoms with van der Waals surface area (Å²) in [5.41, 5.74) is 6.38. The fourth-order valence-corrected chi connectivity index (χ4v) is 2.94. The van der Waals surface area contributed by atoms with Crippen molar-refractivity contribution in [2.24, 2.45) is 0 Å². The minimum atomic E-state index is -0.238. The van der Waals surface area contributed by atoms with E-state index in [2.05, 4.69) is 6.07 Å². The van der Waals surface area contributed by atoms with Gasteiger partial charge in [0.2, 0.25) is 0 Å². The van der Waals surface area contributed by atoms with Crippen LogP contribution in [0.4, 0.5) is 10.1 Å². The number of nitrogen functional groups attached to an aromatic ring is 1. The van der Waals surface area contributed by atoms with Gasteiger partial charge in [-0.05, 0) is 29.6 Å². The third-order valence-electron chi connectivity index (χ3n) is 1.93. The van der Waals surface area contributed by atoms with E-state index in [-0.39, 0.29) is 5.82 Å². The molecule has 0 amide bonds. The highest BCUT2D eigenvalue weighted by molar-refractivity contribution is 7.98. The Bertz CT molecular complexity index is 440. The van der Waals surface area contributed by atoms with Crippen LogP contribution in [-0.2, 0) is 5.75 Å². The molecule has 0 aliphatic heterocycles. The summed E-state index contributed by atoms with van der Waals surface area (Å²) < 4.78 is 12.9. The van der Waals surface area contributed by atoms with Gasteiger partial charge in [0.15, 0.2) is 0 Å². The van der Waals surface area contributed by atoms with E-state index in [1.807, 2.05) is 11.4 Å². The molecule has 0 atom stereocenters. The van der Waals surface area contributed by atoms with Crippen LogP contribution in [0, 0.1) is 5.82 Å². The summed E-state index contributed by atoms with van der Waals surface area (Å²) in [6.45, 7) is 0. The SMILES string of the molecule is Nc1ccc(F)cc1SCc1cccs1. The standard InChI is InChI=1S/C11H10FNS2/c12-8-3-4-10(13)11(6-8)15-7-9-2-1-5-14-9/h1-6H,7,13H2. The van der Waals surface area contributed by atoms with E-state index in [4.69, 9.17) is 5.73 Å². The summed E-state index contributed by atoms with van der Waals surface area (Å²) in [5.74, 6) is 0.601. The van der Waals surface area contributed by atoms with Crippen LogP contribution in [-0.4, -0.2) is 0 Å². The molecule has 15 heavy (non-hydrogen) atoms. The monoisotopic (exact) mass is 239 g/mol. The van der Waals surface area contributed by atoms with Gasteiger partial charge in [-0.2, -0.15) is 0 Å². The molecule has 0 spiro atoms. The van der Waals surface area contributed by atoms with Crippen molar-refractivity contribution in [3.63, 3.8) is 0 Å². The van der Waals surface area contributed by atoms with E-state index in [9.17, 15) is 4.39 Å². The summed E-state index contributed by atoms with van der Waals surface area (Å²) >= 11 is 3.26. The fourth-order valence-electron chi connectivity index (χ4n) is 1.18. The van der Waals surface area contributed by atoms with Crippen LogP contribution in [0.3, 0.4) is 0 Å². The maximum absolute atomic E-state index is 12.9. The normalized spacial score (nSPS) is 10.5. The molecular weight excluding hydrogens is 229 g/mol. The first-order chi connectivity index (χ1) is 7.25. The molecule has 0 bridgehead atoms. The highest BCUT2D eigenvalue weighted by atomic mass is 32.2. The van der Waals surface area contributed by atoms with Crippen LogP contribution in [0.1, 0.15) is 4.88 Å². The molecule has 2 N–H and O–H groups in total. The molecule has 78 valence electrons. The van der Waals surface area contributed by atoms with E-state index in [0.717, 1.165) is 10.6 Å². The molecule has 4 heteroatoms. The van der Waals surface area contributed by atoms with Crippen molar-refractivity contribution in [1.29, 1.82) is 0 Å². The third-order valence-corrected chi connectivity index (χ3v) is 4.10. The van der Waals surface area contributed by atoms with Gasteiger partial charge in [0.1, 0.15) is 5.82 Å². The first-order valence-corrected chi connectivity index (χ1v) is 6.32. The first-order valence-electron chi connectivity index (χ1n) is 4.46. The van der Waals surface area contributed by atoms with E-state index < -0.39 is 0 Å². The summed E-state index contributed by atoms with van der Waals surface area (Å²) in [7, 11) is 0. The van der Waals surface area contributed by atoms with Crippen molar-refractivity contribution in [1.82, 2.24) is 0 Å². The van der Waals surface area contributed by atoms with Crippen molar-refractivity contribution in [2.75, 3.05) is 5.73 Å². The van der Waals surface area contributed by atoms with Gasteiger partial charge in [-0.3, -0.25) is 0 Å². The lowest BCUT2D eigenvalue weighted by Crippen LogP contribution is -1.89. The number of benzene rings is 1. The maximum Gasteiger partial charge on any atom is 0.124 e. The zero-order valence-electron chi connectivity index (χ0n) is 7.94. The lowest BCUT2D eigenvalue weighted by atomic mass is 10.3. The summed E-state index contributed by atoms with van der Waals surface area (Å²) in [6, 6.07) is 8.53. The lowest BCUT2D eigenvalue weighted by molar-refractivity contribution is 0.624. The van der Waals surface area contributed by atoms with Crippen LogP contribution < -0.4 is 5.73 Å². The fraction of sp³-hybridized carbons (Fsp3) is 0.0909. The Hall–Kier alpha value is -1.00. The van der Waals surface area contributed by atoms with Crippen LogP contribution in [0.15, 0.2) is 40.6 Å². The van der Waals surface area contributed by atoms with Crippen LogP contribution in [0.25, 0.3) is 0 Å². The number of nitrogens with two attached hydrogens (primary N) is 1. The average molecular weight is 239 g/mol. The van der Waals surface area contributed by atoms with Gasteiger partial charge in [-0.25, -0.2) is 4.39 Å². The van der Waals surface area contributed by atoms with Crippen LogP contribution in [0.2, 0.25) is 0 Å². The number of thioether (sulfide) groups is 1. The smallest absolute Gasteiger partial charge is 0.124 e. The molecule has 0 unspecified atom stereocenters. The number of halogens is 1. The average Bonchev–Trinajstić information content (AvgIpc) is 2.72. The Kier molecular flexibility index (Phi) is 3.28. The summed E-state index contributed by atoms with van der Waals surface area (Å²) in [5, 5.41) is 2.03. The molecule has 2 aromatic rings. The van der Waals surface area contributed by atoms with Crippen molar-refractivity contribution in [3.8, 4) is 0 Å². The maximum atomic E-state index is 12.9. The lowest BCUT2D eigenvalue weighted by Gasteiger charge is -2.03. The molecule has 0 radical (unpaired) electrons. The second kappa shape index (κ2) is 4.68. The van der Waals surface area contributed by atoms with E-state index in [1.54, 1.807) is 29.2 Å². The van der Waals surface area contributed by atoms with E-state index in [1.165, 1.54) is 17.0 Å². The molecule has 0 saturated carbocycles. The number of hydrogen-bond acceptors (Lipinski definition) is 3. The van der Waals surface area contributed by atoms with E-state index in [0.29, 0.717) is 5.69 Å². The number of anilines is 1. The molecule has 0 fully saturated rings. The molecule has 1 aromatic heterocycles. The zero-order chi connectivity index (χ0) is 10.7. The zero-order valence-corrected chi connectivity index (χ0v) is 9.58. The van der Waals surface area contributed by atoms with Gasteiger partial charge >= 0.3 is 0 Å². The van der Waals surface area contributed by atoms with Crippen LogP contribution in [0.5, 0.6) is 0 Å². The number of thiophene rings is 1. The van der Waals surface area contributed by atoms with Gasteiger partial charge in [0.05, 0.1) is 0 Å². The van der Waals surface area contributed by atoms with Gasteiger partial charge in [-0.1, -0.05) is 6.07 Å². The van der Waals surface area contributed by atoms with Gasteiger partial charge in [0, 0.05) is 21.2 Å². The van der Waals surface area contributed by atoms with Gasteiger partial charge in [-0.15, -0.1) is 23.1 Å². The Morgan fingerprint density at radius 2 is 2.20 bits per heavy atom. The Morgan fingerprint density at radius 3 is 2.93 bits per heavy atom. The largest absolute Gasteiger partial charge is 0.398 e. The molecule has 1 aromatic carbocycles. The topological polar surface area (TPSA) is 26.0 Å². The predicted molar refractivity (Wildman–Crippen MR) is 64.7 cm³/mol. The molecular formula is C11H10FNS2. The molecule has 1 heterocycles. The Morgan fingerprint density at radius 1 is 1.33 bits per heavy atom. The second-order valence-electron chi connectivity index (χ2n) is 3.05. The molecule has 1 nitrogen and oxygen atoms in total. The molecule has 2 rings (SSSR count). The van der Waals surface area contributed by atoms with Crippen molar-refractivity contribution >= 4 is 28.8 Å². The van der Waals surface area contributed by atoms with Crippen molar-refractivity contribution in [2.45, 2.75) is 10.6 Å². The number of rotatable bonds is 3. The molecule has 0 aliphatic rings. The first kappa shape index (κ1) is 10.5. The van der Waals surface area contributed by atoms with Gasteiger partial charge < -0.3 is 5.73 Å². The molecule has 0 saturated heterocycles. The highest BCUT2D eigenvalue weighted by Gasteiger charge is 2.02. The van der Waals surface area contributed by atoms with Crippen LogP contribution >= 0.6 is 23.1 Å². The number of hydrogen-bond donors (Lipinski definition) is 1. The minimum absolute atomic E-state index is 0.238. The summed E-state index contributed by atoms with van der Waals surface area (Å²) in [4.78, 5) is 2.08. The Labute approximate surface area is 96.1 Å². The summed E-state index contributed by atoms with van der Waals surface area (Å²) in [6.07, 6.45) is 0. The van der Waals surface area contributed by atoms with Crippen molar-refractivity contribution < 1.29 is 4.39 Å². The van der Waals surface area contributed by atoms with Crippen molar-refractivity contribution in [3.05, 3.63) is 46.4 Å². The third kappa shape index (κ3) is 2.73. The van der Waals surface area contributed by atoms with E-state index >= 15 is 0 Å². The quantitative estimate of drug-likeness (QED) is 0.652. The highest BCUT2D eigenvalue weighted by Crippen LogP contribution is 2.29. The van der Waals surface area contributed by atoms with Gasteiger partial charge in [0.25, 0.3) is 0 Å². The Balaban J connectivity index is 2.07. The second-order valence-corrected chi connectivity index (χ2v) is 5.10. The predicted octanol–water partition coefficient (Wildman–Crippen LogP) is 3.76. The molecule has 0 aliphatic carbocycles. The minimum Gasteiger partial charge on any atom is -0.398 e.